The Hall–Kier alpha value is -2.51. The summed E-state index contributed by atoms with van der Waals surface area (Å²) in [6, 6.07) is 11.0. The van der Waals surface area contributed by atoms with Crippen LogP contribution in [0, 0.1) is 5.92 Å². The van der Waals surface area contributed by atoms with Gasteiger partial charge in [0, 0.05) is 47.5 Å². The van der Waals surface area contributed by atoms with E-state index in [1.165, 1.54) is 21.0 Å². The molecule has 1 aliphatic rings. The summed E-state index contributed by atoms with van der Waals surface area (Å²) in [7, 11) is 1.52. The summed E-state index contributed by atoms with van der Waals surface area (Å²) in [5.74, 6) is -4.15. The number of cyclic esters (lactones) is 2. The minimum Gasteiger partial charge on any atom is -0.495 e. The van der Waals surface area contributed by atoms with Crippen LogP contribution in [-0.4, -0.2) is 29.8 Å². The quantitative estimate of drug-likeness (QED) is 0.401. The highest BCUT2D eigenvalue weighted by Crippen LogP contribution is 2.46. The second-order valence-electron chi connectivity index (χ2n) is 7.50. The fourth-order valence-corrected chi connectivity index (χ4v) is 4.90. The summed E-state index contributed by atoms with van der Waals surface area (Å²) in [4.78, 5) is 29.2. The number of halogens is 2. The van der Waals surface area contributed by atoms with Crippen LogP contribution in [0.2, 0.25) is 5.02 Å². The minimum atomic E-state index is -1.32. The molecule has 30 heavy (non-hydrogen) atoms. The molecule has 0 bridgehead atoms. The zero-order chi connectivity index (χ0) is 21.6. The van der Waals surface area contributed by atoms with E-state index < -0.39 is 29.6 Å². The van der Waals surface area contributed by atoms with Gasteiger partial charge in [-0.3, -0.25) is 9.59 Å². The van der Waals surface area contributed by atoms with E-state index in [9.17, 15) is 9.59 Å². The number of benzene rings is 2. The maximum Gasteiger partial charge on any atom is 0.324 e. The first-order valence-electron chi connectivity index (χ1n) is 9.26. The standard InChI is InChI=1S/C22H19BrClNO5/c1-22(2)29-20(26)18(21(27)30-22)17(13-8-11(24)9-15(23)19(13)28-3)14-10-25-16-7-5-4-6-12(14)16/h4-10,17-18,25H,1-3H3/t17-/m1/s1. The Bertz CT molecular complexity index is 1140. The highest BCUT2D eigenvalue weighted by Gasteiger charge is 2.49. The minimum absolute atomic E-state index is 0.431. The average molecular weight is 493 g/mol. The molecular weight excluding hydrogens is 474 g/mol. The maximum atomic E-state index is 13.0. The molecule has 0 radical (unpaired) electrons. The van der Waals surface area contributed by atoms with Crippen molar-refractivity contribution in [1.82, 2.24) is 4.98 Å². The molecule has 0 aliphatic carbocycles. The summed E-state index contributed by atoms with van der Waals surface area (Å²) in [6.07, 6.45) is 1.78. The van der Waals surface area contributed by atoms with E-state index in [2.05, 4.69) is 20.9 Å². The summed E-state index contributed by atoms with van der Waals surface area (Å²) in [5, 5.41) is 1.30. The van der Waals surface area contributed by atoms with Gasteiger partial charge in [0.2, 0.25) is 0 Å². The molecule has 4 rings (SSSR count). The van der Waals surface area contributed by atoms with Gasteiger partial charge in [-0.2, -0.15) is 0 Å². The Labute approximate surface area is 186 Å². The lowest BCUT2D eigenvalue weighted by Gasteiger charge is -2.36. The SMILES string of the molecule is COc1c(Br)cc(Cl)cc1[C@H](c1c[nH]c2ccccc12)C1C(=O)OC(C)(C)OC1=O. The largest absolute Gasteiger partial charge is 0.495 e. The number of hydrogen-bond acceptors (Lipinski definition) is 5. The van der Waals surface area contributed by atoms with Crippen LogP contribution in [0.5, 0.6) is 5.75 Å². The van der Waals surface area contributed by atoms with E-state index in [0.717, 1.165) is 16.5 Å². The van der Waals surface area contributed by atoms with Crippen LogP contribution in [0.3, 0.4) is 0 Å². The monoisotopic (exact) mass is 491 g/mol. The van der Waals surface area contributed by atoms with Crippen LogP contribution in [0.4, 0.5) is 0 Å². The lowest BCUT2D eigenvalue weighted by Crippen LogP contribution is -2.48. The molecular formula is C22H19BrClNO5. The molecule has 3 aromatic rings. The van der Waals surface area contributed by atoms with Gasteiger partial charge < -0.3 is 19.2 Å². The van der Waals surface area contributed by atoms with E-state index in [0.29, 0.717) is 20.8 Å². The van der Waals surface area contributed by atoms with E-state index in [1.807, 2.05) is 24.3 Å². The zero-order valence-electron chi connectivity index (χ0n) is 16.5. The fraction of sp³-hybridized carbons (Fsp3) is 0.273. The van der Waals surface area contributed by atoms with E-state index in [-0.39, 0.29) is 0 Å². The van der Waals surface area contributed by atoms with Crippen molar-refractivity contribution >= 4 is 50.4 Å². The number of ether oxygens (including phenoxy) is 3. The first-order chi connectivity index (χ1) is 14.2. The topological polar surface area (TPSA) is 77.6 Å². The summed E-state index contributed by atoms with van der Waals surface area (Å²) in [6.45, 7) is 3.05. The van der Waals surface area contributed by atoms with Crippen LogP contribution < -0.4 is 4.74 Å². The van der Waals surface area contributed by atoms with E-state index in [1.54, 1.807) is 18.3 Å². The van der Waals surface area contributed by atoms with Crippen molar-refractivity contribution in [3.05, 3.63) is 63.2 Å². The molecule has 1 fully saturated rings. The van der Waals surface area contributed by atoms with Crippen LogP contribution in [0.25, 0.3) is 10.9 Å². The predicted octanol–water partition coefficient (Wildman–Crippen LogP) is 5.18. The van der Waals surface area contributed by atoms with Crippen molar-refractivity contribution in [3.8, 4) is 5.75 Å². The highest BCUT2D eigenvalue weighted by atomic mass is 79.9. The molecule has 1 saturated heterocycles. The molecule has 0 saturated carbocycles. The third-order valence-corrected chi connectivity index (χ3v) is 5.87. The lowest BCUT2D eigenvalue weighted by molar-refractivity contribution is -0.240. The first kappa shape index (κ1) is 20.8. The number of para-hydroxylation sites is 1. The number of methoxy groups -OCH3 is 1. The molecule has 6 nitrogen and oxygen atoms in total. The van der Waals surface area contributed by atoms with Crippen molar-refractivity contribution < 1.29 is 23.8 Å². The third kappa shape index (κ3) is 3.56. The molecule has 2 aromatic carbocycles. The molecule has 8 heteroatoms. The fourth-order valence-electron chi connectivity index (χ4n) is 3.91. The van der Waals surface area contributed by atoms with E-state index >= 15 is 0 Å². The first-order valence-corrected chi connectivity index (χ1v) is 10.4. The van der Waals surface area contributed by atoms with Gasteiger partial charge in [-0.1, -0.05) is 29.8 Å². The maximum absolute atomic E-state index is 13.0. The number of carbonyl (C=O) groups excluding carboxylic acids is 2. The van der Waals surface area contributed by atoms with Gasteiger partial charge in [0.05, 0.1) is 11.6 Å². The molecule has 1 atom stereocenters. The number of esters is 2. The Balaban J connectivity index is 1.98. The Kier molecular flexibility index (Phi) is 5.28. The number of fused-ring (bicyclic) bond motifs is 1. The molecule has 0 unspecified atom stereocenters. The number of aromatic nitrogens is 1. The van der Waals surface area contributed by atoms with Crippen molar-refractivity contribution in [3.63, 3.8) is 0 Å². The highest BCUT2D eigenvalue weighted by molar-refractivity contribution is 9.10. The Morgan fingerprint density at radius 1 is 1.13 bits per heavy atom. The molecule has 1 aliphatic heterocycles. The number of aromatic amines is 1. The molecule has 1 aromatic heterocycles. The normalized spacial score (nSPS) is 17.5. The van der Waals surface area contributed by atoms with Crippen LogP contribution >= 0.6 is 27.5 Å². The number of carbonyl (C=O) groups is 2. The van der Waals surface area contributed by atoms with Crippen LogP contribution in [0.1, 0.15) is 30.9 Å². The predicted molar refractivity (Wildman–Crippen MR) is 116 cm³/mol. The number of nitrogens with one attached hydrogen (secondary N) is 1. The van der Waals surface area contributed by atoms with Gasteiger partial charge in [-0.25, -0.2) is 0 Å². The van der Waals surface area contributed by atoms with Crippen LogP contribution in [-0.2, 0) is 19.1 Å². The molecule has 1 N–H and O–H groups in total. The van der Waals surface area contributed by atoms with Crippen molar-refractivity contribution in [2.45, 2.75) is 25.6 Å². The molecule has 0 spiro atoms. The van der Waals surface area contributed by atoms with Gasteiger partial charge in [0.25, 0.3) is 5.79 Å². The average Bonchev–Trinajstić information content (AvgIpc) is 3.07. The molecule has 2 heterocycles. The number of rotatable bonds is 4. The Morgan fingerprint density at radius 3 is 2.47 bits per heavy atom. The number of hydrogen-bond donors (Lipinski definition) is 1. The lowest BCUT2D eigenvalue weighted by atomic mass is 9.79. The van der Waals surface area contributed by atoms with Gasteiger partial charge in [-0.15, -0.1) is 0 Å². The second-order valence-corrected chi connectivity index (χ2v) is 8.79. The summed E-state index contributed by atoms with van der Waals surface area (Å²) < 4.78 is 17.1. The van der Waals surface area contributed by atoms with Gasteiger partial charge in [-0.05, 0) is 39.7 Å². The summed E-state index contributed by atoms with van der Waals surface area (Å²) in [5.41, 5.74) is 2.17. The van der Waals surface area contributed by atoms with E-state index in [4.69, 9.17) is 25.8 Å². The van der Waals surface area contributed by atoms with Crippen molar-refractivity contribution in [2.24, 2.45) is 5.92 Å². The second kappa shape index (κ2) is 7.63. The Morgan fingerprint density at radius 2 is 1.80 bits per heavy atom. The van der Waals surface area contributed by atoms with Gasteiger partial charge in [0.15, 0.2) is 5.92 Å². The summed E-state index contributed by atoms with van der Waals surface area (Å²) >= 11 is 9.80. The van der Waals surface area contributed by atoms with Crippen molar-refractivity contribution in [2.75, 3.05) is 7.11 Å². The number of H-pyrrole nitrogens is 1. The molecule has 156 valence electrons. The zero-order valence-corrected chi connectivity index (χ0v) is 18.8. The smallest absolute Gasteiger partial charge is 0.324 e. The van der Waals surface area contributed by atoms with Gasteiger partial charge in [0.1, 0.15) is 5.75 Å². The third-order valence-electron chi connectivity index (χ3n) is 5.07. The van der Waals surface area contributed by atoms with Gasteiger partial charge >= 0.3 is 11.9 Å². The van der Waals surface area contributed by atoms with Crippen molar-refractivity contribution in [1.29, 1.82) is 0 Å². The molecule has 0 amide bonds. The van der Waals surface area contributed by atoms with Crippen LogP contribution in [0.15, 0.2) is 47.1 Å².